The topological polar surface area (TPSA) is 34.1 Å². The van der Waals surface area contributed by atoms with Gasteiger partial charge in [-0.25, -0.2) is 8.42 Å². The first kappa shape index (κ1) is 24.7. The van der Waals surface area contributed by atoms with E-state index in [2.05, 4.69) is 12.8 Å². The van der Waals surface area contributed by atoms with Crippen LogP contribution in [0.3, 0.4) is 0 Å². The molecule has 0 amide bonds. The van der Waals surface area contributed by atoms with Crippen molar-refractivity contribution in [2.45, 2.75) is 45.9 Å². The fourth-order valence-corrected chi connectivity index (χ4v) is 1.96. The molecule has 4 heteroatoms. The third-order valence-electron chi connectivity index (χ3n) is 2.20. The van der Waals surface area contributed by atoms with Gasteiger partial charge in [-0.1, -0.05) is 46.8 Å². The van der Waals surface area contributed by atoms with Crippen LogP contribution in [0, 0.1) is 18.8 Å². The zero-order valence-electron chi connectivity index (χ0n) is 14.1. The van der Waals surface area contributed by atoms with E-state index in [-0.39, 0.29) is 12.6 Å². The number of hydrogen-bond donors (Lipinski definition) is 0. The number of alkyl halides is 1. The van der Waals surface area contributed by atoms with Crippen molar-refractivity contribution < 1.29 is 12.8 Å². The third kappa shape index (κ3) is 12.1. The molecule has 0 saturated carbocycles. The first-order chi connectivity index (χ1) is 9.93. The maximum atomic E-state index is 12.2. The van der Waals surface area contributed by atoms with Gasteiger partial charge < -0.3 is 0 Å². The van der Waals surface area contributed by atoms with Crippen molar-refractivity contribution in [2.75, 3.05) is 12.9 Å². The molecule has 0 saturated heterocycles. The standard InChI is InChI=1S/C11H15FO2S.2C2H6.C2H2/c1-9(8-12)7-10-3-5-11(6-4-10)15(2,13)14;3*1-2/h3-6,9H,7-8H2,1-2H3;2*1-2H3;1-2H/t9-;;;/m0.../s1. The Kier molecular flexibility index (Phi) is 17.7. The lowest BCUT2D eigenvalue weighted by Crippen LogP contribution is -2.02. The Morgan fingerprint density at radius 2 is 1.43 bits per heavy atom. The molecule has 1 aromatic carbocycles. The van der Waals surface area contributed by atoms with Gasteiger partial charge in [-0.05, 0) is 30.0 Å². The summed E-state index contributed by atoms with van der Waals surface area (Å²) in [5.41, 5.74) is 0.965. The van der Waals surface area contributed by atoms with E-state index in [4.69, 9.17) is 0 Å². The lowest BCUT2D eigenvalue weighted by Gasteiger charge is -2.06. The zero-order chi connectivity index (χ0) is 17.5. The third-order valence-corrected chi connectivity index (χ3v) is 3.33. The lowest BCUT2D eigenvalue weighted by molar-refractivity contribution is 0.381. The van der Waals surface area contributed by atoms with Gasteiger partial charge in [-0.15, -0.1) is 12.8 Å². The Morgan fingerprint density at radius 3 is 1.71 bits per heavy atom. The average Bonchev–Trinajstić information content (AvgIpc) is 2.53. The smallest absolute Gasteiger partial charge is 0.175 e. The van der Waals surface area contributed by atoms with E-state index in [9.17, 15) is 12.8 Å². The Hall–Kier alpha value is -1.34. The molecule has 0 spiro atoms. The molecule has 0 aliphatic carbocycles. The molecule has 0 heterocycles. The largest absolute Gasteiger partial charge is 0.251 e. The van der Waals surface area contributed by atoms with Gasteiger partial charge in [0.15, 0.2) is 9.84 Å². The van der Waals surface area contributed by atoms with Crippen LogP contribution in [0.4, 0.5) is 4.39 Å². The van der Waals surface area contributed by atoms with E-state index in [1.54, 1.807) is 24.3 Å². The summed E-state index contributed by atoms with van der Waals surface area (Å²) in [7, 11) is -3.13. The maximum absolute atomic E-state index is 12.2. The van der Waals surface area contributed by atoms with Gasteiger partial charge in [0.2, 0.25) is 0 Å². The summed E-state index contributed by atoms with van der Waals surface area (Å²) in [5.74, 6) is -0.0194. The lowest BCUT2D eigenvalue weighted by atomic mass is 10.0. The number of hydrogen-bond acceptors (Lipinski definition) is 2. The van der Waals surface area contributed by atoms with Crippen molar-refractivity contribution in [2.24, 2.45) is 5.92 Å². The van der Waals surface area contributed by atoms with Crippen LogP contribution in [0.5, 0.6) is 0 Å². The minimum absolute atomic E-state index is 0.0194. The van der Waals surface area contributed by atoms with Crippen molar-refractivity contribution in [3.05, 3.63) is 29.8 Å². The van der Waals surface area contributed by atoms with Crippen molar-refractivity contribution in [3.63, 3.8) is 0 Å². The molecule has 0 bridgehead atoms. The summed E-state index contributed by atoms with van der Waals surface area (Å²) in [6, 6.07) is 6.61. The van der Waals surface area contributed by atoms with Gasteiger partial charge >= 0.3 is 0 Å². The molecule has 0 aromatic heterocycles. The van der Waals surface area contributed by atoms with Gasteiger partial charge in [0.25, 0.3) is 0 Å². The molecular weight excluding hydrogens is 287 g/mol. The molecule has 0 fully saturated rings. The van der Waals surface area contributed by atoms with Gasteiger partial charge in [0.05, 0.1) is 11.6 Å². The Bertz CT molecular complexity index is 447. The highest BCUT2D eigenvalue weighted by molar-refractivity contribution is 7.90. The van der Waals surface area contributed by atoms with Crippen LogP contribution in [-0.2, 0) is 16.3 Å². The SMILES string of the molecule is C#C.CC.CC.C[C@H](CF)Cc1ccc(S(C)(=O)=O)cc1. The average molecular weight is 316 g/mol. The van der Waals surface area contributed by atoms with E-state index in [1.807, 2.05) is 34.6 Å². The van der Waals surface area contributed by atoms with Crippen LogP contribution >= 0.6 is 0 Å². The van der Waals surface area contributed by atoms with Crippen molar-refractivity contribution >= 4 is 9.84 Å². The van der Waals surface area contributed by atoms with E-state index < -0.39 is 9.84 Å². The van der Waals surface area contributed by atoms with Crippen LogP contribution < -0.4 is 0 Å². The van der Waals surface area contributed by atoms with E-state index in [0.29, 0.717) is 11.3 Å². The fourth-order valence-electron chi connectivity index (χ4n) is 1.33. The molecule has 2 nitrogen and oxygen atoms in total. The van der Waals surface area contributed by atoms with Crippen LogP contribution in [-0.4, -0.2) is 21.3 Å². The zero-order valence-corrected chi connectivity index (χ0v) is 14.9. The summed E-state index contributed by atoms with van der Waals surface area (Å²) >= 11 is 0. The molecule has 1 atom stereocenters. The number of benzene rings is 1. The van der Waals surface area contributed by atoms with Crippen molar-refractivity contribution in [1.82, 2.24) is 0 Å². The number of rotatable bonds is 4. The second-order valence-electron chi connectivity index (χ2n) is 3.88. The normalized spacial score (nSPS) is 10.5. The number of terminal acetylenes is 1. The number of halogens is 1. The number of sulfone groups is 1. The van der Waals surface area contributed by atoms with Crippen LogP contribution in [0.1, 0.15) is 40.2 Å². The van der Waals surface area contributed by atoms with Gasteiger partial charge in [-0.3, -0.25) is 4.39 Å². The Labute approximate surface area is 130 Å². The molecule has 0 N–H and O–H groups in total. The summed E-state index contributed by atoms with van der Waals surface area (Å²) in [4.78, 5) is 0.305. The molecule has 0 radical (unpaired) electrons. The molecule has 0 aliphatic heterocycles. The van der Waals surface area contributed by atoms with Crippen molar-refractivity contribution in [3.8, 4) is 12.8 Å². The summed E-state index contributed by atoms with van der Waals surface area (Å²) in [6.45, 7) is 9.47. The van der Waals surface area contributed by atoms with E-state index >= 15 is 0 Å². The van der Waals surface area contributed by atoms with Crippen LogP contribution in [0.15, 0.2) is 29.2 Å². The molecular formula is C17H29FO2S. The van der Waals surface area contributed by atoms with Crippen LogP contribution in [0.2, 0.25) is 0 Å². The molecule has 21 heavy (non-hydrogen) atoms. The summed E-state index contributed by atoms with van der Waals surface area (Å²) < 4.78 is 34.6. The van der Waals surface area contributed by atoms with Gasteiger partial charge in [0, 0.05) is 6.26 Å². The second kappa shape index (κ2) is 15.1. The fraction of sp³-hybridized carbons (Fsp3) is 0.529. The Morgan fingerprint density at radius 1 is 1.05 bits per heavy atom. The Balaban J connectivity index is -0.000000478. The molecule has 1 rings (SSSR count). The predicted octanol–water partition coefficient (Wildman–Crippen LogP) is 4.54. The monoisotopic (exact) mass is 316 g/mol. The van der Waals surface area contributed by atoms with E-state index in [0.717, 1.165) is 5.56 Å². The predicted molar refractivity (Wildman–Crippen MR) is 91.0 cm³/mol. The van der Waals surface area contributed by atoms with Gasteiger partial charge in [-0.2, -0.15) is 0 Å². The quantitative estimate of drug-likeness (QED) is 0.764. The van der Waals surface area contributed by atoms with E-state index in [1.165, 1.54) is 6.26 Å². The van der Waals surface area contributed by atoms with Gasteiger partial charge in [0.1, 0.15) is 0 Å². The first-order valence-electron chi connectivity index (χ1n) is 7.12. The molecule has 122 valence electrons. The highest BCUT2D eigenvalue weighted by Gasteiger charge is 2.07. The minimum atomic E-state index is -3.13. The molecule has 0 aliphatic rings. The minimum Gasteiger partial charge on any atom is -0.251 e. The van der Waals surface area contributed by atoms with Crippen molar-refractivity contribution in [1.29, 1.82) is 0 Å². The second-order valence-corrected chi connectivity index (χ2v) is 5.90. The summed E-state index contributed by atoms with van der Waals surface area (Å²) in [5, 5.41) is 0. The summed E-state index contributed by atoms with van der Waals surface area (Å²) in [6.07, 6.45) is 9.81. The highest BCUT2D eigenvalue weighted by Crippen LogP contribution is 2.13. The van der Waals surface area contributed by atoms with Crippen LogP contribution in [0.25, 0.3) is 0 Å². The highest BCUT2D eigenvalue weighted by atomic mass is 32.2. The molecule has 1 aromatic rings. The maximum Gasteiger partial charge on any atom is 0.175 e. The first-order valence-corrected chi connectivity index (χ1v) is 9.01. The molecule has 0 unspecified atom stereocenters.